The normalized spacial score (nSPS) is 20.0. The highest BCUT2D eigenvalue weighted by Gasteiger charge is 2.26. The Labute approximate surface area is 112 Å². The lowest BCUT2D eigenvalue weighted by molar-refractivity contribution is -0.135. The van der Waals surface area contributed by atoms with Gasteiger partial charge in [-0.2, -0.15) is 24.9 Å². The SMILES string of the molecule is CC(CCCC(F)(F)F)NCCN1CCSCC1. The lowest BCUT2D eigenvalue weighted by Gasteiger charge is -2.26. The zero-order valence-corrected chi connectivity index (χ0v) is 11.7. The van der Waals surface area contributed by atoms with Crippen LogP contribution in [-0.2, 0) is 0 Å². The van der Waals surface area contributed by atoms with Crippen LogP contribution in [0.5, 0.6) is 0 Å². The summed E-state index contributed by atoms with van der Waals surface area (Å²) in [6.45, 7) is 6.11. The predicted molar refractivity (Wildman–Crippen MR) is 71.1 cm³/mol. The zero-order chi connectivity index (χ0) is 13.4. The highest BCUT2D eigenvalue weighted by atomic mass is 32.2. The maximum absolute atomic E-state index is 12.0. The number of hydrogen-bond acceptors (Lipinski definition) is 3. The maximum Gasteiger partial charge on any atom is 0.389 e. The fourth-order valence-electron chi connectivity index (χ4n) is 2.00. The van der Waals surface area contributed by atoms with Crippen LogP contribution >= 0.6 is 11.8 Å². The minimum Gasteiger partial charge on any atom is -0.313 e. The van der Waals surface area contributed by atoms with Crippen molar-refractivity contribution in [1.82, 2.24) is 10.2 Å². The number of halogens is 3. The Kier molecular flexibility index (Phi) is 7.41. The fraction of sp³-hybridized carbons (Fsp3) is 1.00. The summed E-state index contributed by atoms with van der Waals surface area (Å²) >= 11 is 1.98. The van der Waals surface area contributed by atoms with E-state index >= 15 is 0 Å². The summed E-state index contributed by atoms with van der Waals surface area (Å²) in [5.41, 5.74) is 0. The average molecular weight is 284 g/mol. The van der Waals surface area contributed by atoms with Gasteiger partial charge in [0.05, 0.1) is 0 Å². The first-order valence-electron chi connectivity index (χ1n) is 6.57. The molecule has 18 heavy (non-hydrogen) atoms. The molecular weight excluding hydrogens is 261 g/mol. The monoisotopic (exact) mass is 284 g/mol. The molecule has 0 radical (unpaired) electrons. The van der Waals surface area contributed by atoms with E-state index in [1.54, 1.807) is 0 Å². The summed E-state index contributed by atoms with van der Waals surface area (Å²) in [5.74, 6) is 2.39. The van der Waals surface area contributed by atoms with Gasteiger partial charge in [-0.15, -0.1) is 0 Å². The number of thioether (sulfide) groups is 1. The minimum atomic E-state index is -4.01. The van der Waals surface area contributed by atoms with Crippen molar-refractivity contribution in [2.45, 2.75) is 38.4 Å². The number of nitrogens with zero attached hydrogens (tertiary/aromatic N) is 1. The standard InChI is InChI=1S/C12H23F3N2S/c1-11(3-2-4-12(13,14)15)16-5-6-17-7-9-18-10-8-17/h11,16H,2-10H2,1H3. The van der Waals surface area contributed by atoms with Crippen molar-refractivity contribution in [2.24, 2.45) is 0 Å². The van der Waals surface area contributed by atoms with Crippen LogP contribution in [0.15, 0.2) is 0 Å². The molecule has 108 valence electrons. The molecule has 0 bridgehead atoms. The molecule has 0 aromatic heterocycles. The topological polar surface area (TPSA) is 15.3 Å². The van der Waals surface area contributed by atoms with Gasteiger partial charge in [0, 0.05) is 50.1 Å². The van der Waals surface area contributed by atoms with Gasteiger partial charge in [-0.1, -0.05) is 0 Å². The Morgan fingerprint density at radius 3 is 2.56 bits per heavy atom. The van der Waals surface area contributed by atoms with E-state index in [4.69, 9.17) is 0 Å². The first-order chi connectivity index (χ1) is 8.47. The number of alkyl halides is 3. The first kappa shape index (κ1) is 16.1. The van der Waals surface area contributed by atoms with Gasteiger partial charge in [0.15, 0.2) is 0 Å². The first-order valence-corrected chi connectivity index (χ1v) is 7.73. The smallest absolute Gasteiger partial charge is 0.313 e. The van der Waals surface area contributed by atoms with Gasteiger partial charge in [0.2, 0.25) is 0 Å². The van der Waals surface area contributed by atoms with Gasteiger partial charge in [-0.25, -0.2) is 0 Å². The fourth-order valence-corrected chi connectivity index (χ4v) is 2.98. The molecule has 0 saturated carbocycles. The number of rotatable bonds is 7. The molecule has 1 atom stereocenters. The molecule has 1 unspecified atom stereocenters. The molecule has 2 nitrogen and oxygen atoms in total. The van der Waals surface area contributed by atoms with E-state index in [-0.39, 0.29) is 12.5 Å². The van der Waals surface area contributed by atoms with Crippen LogP contribution in [0.25, 0.3) is 0 Å². The van der Waals surface area contributed by atoms with Crippen LogP contribution in [0.3, 0.4) is 0 Å². The van der Waals surface area contributed by atoms with Crippen molar-refractivity contribution in [3.8, 4) is 0 Å². The largest absolute Gasteiger partial charge is 0.389 e. The highest BCUT2D eigenvalue weighted by Crippen LogP contribution is 2.22. The Morgan fingerprint density at radius 2 is 1.94 bits per heavy atom. The summed E-state index contributed by atoms with van der Waals surface area (Å²) in [7, 11) is 0. The molecule has 1 N–H and O–H groups in total. The summed E-state index contributed by atoms with van der Waals surface area (Å²) < 4.78 is 35.9. The van der Waals surface area contributed by atoms with Gasteiger partial charge in [-0.05, 0) is 19.8 Å². The second-order valence-corrected chi connectivity index (χ2v) is 6.04. The van der Waals surface area contributed by atoms with Crippen molar-refractivity contribution < 1.29 is 13.2 Å². The molecule has 0 aromatic rings. The van der Waals surface area contributed by atoms with Gasteiger partial charge < -0.3 is 10.2 Å². The molecule has 0 aromatic carbocycles. The van der Waals surface area contributed by atoms with Crippen molar-refractivity contribution in [1.29, 1.82) is 0 Å². The average Bonchev–Trinajstić information content (AvgIpc) is 2.28. The van der Waals surface area contributed by atoms with Crippen LogP contribution < -0.4 is 5.32 Å². The van der Waals surface area contributed by atoms with Crippen molar-refractivity contribution >= 4 is 11.8 Å². The molecule has 0 amide bonds. The van der Waals surface area contributed by atoms with Gasteiger partial charge in [-0.3, -0.25) is 0 Å². The third kappa shape index (κ3) is 8.21. The molecule has 1 heterocycles. The second-order valence-electron chi connectivity index (χ2n) is 4.82. The maximum atomic E-state index is 12.0. The molecule has 0 spiro atoms. The van der Waals surface area contributed by atoms with Crippen molar-refractivity contribution in [2.75, 3.05) is 37.7 Å². The Hall–Kier alpha value is 0.0600. The van der Waals surface area contributed by atoms with E-state index in [1.807, 2.05) is 18.7 Å². The van der Waals surface area contributed by atoms with E-state index < -0.39 is 12.6 Å². The van der Waals surface area contributed by atoms with E-state index in [0.29, 0.717) is 6.42 Å². The lowest BCUT2D eigenvalue weighted by atomic mass is 10.1. The van der Waals surface area contributed by atoms with E-state index in [2.05, 4.69) is 10.2 Å². The van der Waals surface area contributed by atoms with Gasteiger partial charge >= 0.3 is 6.18 Å². The number of nitrogens with one attached hydrogen (secondary N) is 1. The third-order valence-electron chi connectivity index (χ3n) is 3.12. The quantitative estimate of drug-likeness (QED) is 0.774. The molecule has 1 saturated heterocycles. The minimum absolute atomic E-state index is 0.173. The van der Waals surface area contributed by atoms with Crippen LogP contribution in [-0.4, -0.2) is 54.8 Å². The molecule has 1 fully saturated rings. The molecule has 1 aliphatic rings. The van der Waals surface area contributed by atoms with E-state index in [0.717, 1.165) is 26.2 Å². The zero-order valence-electron chi connectivity index (χ0n) is 10.9. The Bertz CT molecular complexity index is 218. The molecular formula is C12H23F3N2S. The van der Waals surface area contributed by atoms with Crippen LogP contribution in [0.4, 0.5) is 13.2 Å². The summed E-state index contributed by atoms with van der Waals surface area (Å²) in [6, 6.07) is 0.173. The van der Waals surface area contributed by atoms with Crippen molar-refractivity contribution in [3.63, 3.8) is 0 Å². The molecule has 0 aliphatic carbocycles. The highest BCUT2D eigenvalue weighted by molar-refractivity contribution is 7.99. The van der Waals surface area contributed by atoms with Crippen LogP contribution in [0.2, 0.25) is 0 Å². The van der Waals surface area contributed by atoms with Crippen LogP contribution in [0.1, 0.15) is 26.2 Å². The Morgan fingerprint density at radius 1 is 1.28 bits per heavy atom. The van der Waals surface area contributed by atoms with E-state index in [9.17, 15) is 13.2 Å². The summed E-state index contributed by atoms with van der Waals surface area (Å²) in [5, 5.41) is 3.30. The lowest BCUT2D eigenvalue weighted by Crippen LogP contribution is -2.39. The predicted octanol–water partition coefficient (Wildman–Crippen LogP) is 2.75. The van der Waals surface area contributed by atoms with Gasteiger partial charge in [0.25, 0.3) is 0 Å². The Balaban J connectivity index is 1.97. The summed E-state index contributed by atoms with van der Waals surface area (Å²) in [4.78, 5) is 2.41. The number of hydrogen-bond donors (Lipinski definition) is 1. The molecule has 1 rings (SSSR count). The third-order valence-corrected chi connectivity index (χ3v) is 4.06. The van der Waals surface area contributed by atoms with Crippen LogP contribution in [0, 0.1) is 0 Å². The molecule has 1 aliphatic heterocycles. The van der Waals surface area contributed by atoms with Crippen molar-refractivity contribution in [3.05, 3.63) is 0 Å². The van der Waals surface area contributed by atoms with E-state index in [1.165, 1.54) is 11.5 Å². The molecule has 6 heteroatoms. The second kappa shape index (κ2) is 8.27. The van der Waals surface area contributed by atoms with Gasteiger partial charge in [0.1, 0.15) is 0 Å². The summed E-state index contributed by atoms with van der Waals surface area (Å²) in [6.07, 6.45) is -3.86.